The van der Waals surface area contributed by atoms with Crippen LogP contribution >= 0.6 is 0 Å². The van der Waals surface area contributed by atoms with E-state index in [1.54, 1.807) is 6.92 Å². The van der Waals surface area contributed by atoms with Crippen LogP contribution < -0.4 is 14.8 Å². The van der Waals surface area contributed by atoms with E-state index in [4.69, 9.17) is 14.6 Å². The van der Waals surface area contributed by atoms with Crippen LogP contribution in [0.5, 0.6) is 11.5 Å². The van der Waals surface area contributed by atoms with E-state index < -0.39 is 5.60 Å². The Hall–Kier alpha value is -1.30. The molecule has 2 rings (SSSR count). The fourth-order valence-electron chi connectivity index (χ4n) is 2.00. The molecule has 1 aromatic rings. The number of fused-ring (bicyclic) bond motifs is 1. The number of aliphatic hydroxyl groups is 2. The molecule has 0 aliphatic carbocycles. The molecule has 1 aliphatic rings. The molecule has 2 atom stereocenters. The number of aliphatic hydroxyl groups excluding tert-OH is 1. The fraction of sp³-hybridized carbons (Fsp3) is 0.600. The third kappa shape index (κ3) is 3.85. The molecular weight excluding hydrogens is 258 g/mol. The van der Waals surface area contributed by atoms with Gasteiger partial charge < -0.3 is 25.0 Å². The highest BCUT2D eigenvalue weighted by molar-refractivity contribution is 5.44. The molecular formula is C15H23NO4. The van der Waals surface area contributed by atoms with E-state index in [1.165, 1.54) is 0 Å². The van der Waals surface area contributed by atoms with E-state index >= 15 is 0 Å². The number of hydrogen-bond donors (Lipinski definition) is 3. The number of benzene rings is 1. The van der Waals surface area contributed by atoms with Crippen LogP contribution in [0.25, 0.3) is 0 Å². The van der Waals surface area contributed by atoms with E-state index in [9.17, 15) is 5.11 Å². The van der Waals surface area contributed by atoms with Gasteiger partial charge in [-0.3, -0.25) is 0 Å². The molecule has 0 aromatic heterocycles. The van der Waals surface area contributed by atoms with E-state index in [-0.39, 0.29) is 12.6 Å². The Kier molecular flexibility index (Phi) is 4.86. The van der Waals surface area contributed by atoms with Crippen LogP contribution in [-0.2, 0) is 0 Å². The second-order valence-electron chi connectivity index (χ2n) is 5.51. The molecule has 3 N–H and O–H groups in total. The highest BCUT2D eigenvalue weighted by Gasteiger charge is 2.20. The zero-order valence-electron chi connectivity index (χ0n) is 12.1. The molecule has 0 saturated carbocycles. The van der Waals surface area contributed by atoms with Crippen LogP contribution in [0.1, 0.15) is 31.9 Å². The molecule has 0 amide bonds. The maximum absolute atomic E-state index is 9.79. The van der Waals surface area contributed by atoms with Crippen molar-refractivity contribution in [2.75, 3.05) is 26.4 Å². The number of rotatable bonds is 5. The smallest absolute Gasteiger partial charge is 0.161 e. The minimum atomic E-state index is -1.11. The summed E-state index contributed by atoms with van der Waals surface area (Å²) in [7, 11) is 0. The Balaban J connectivity index is 2.03. The Morgan fingerprint density at radius 3 is 2.70 bits per heavy atom. The van der Waals surface area contributed by atoms with Gasteiger partial charge in [-0.1, -0.05) is 6.07 Å². The number of ether oxygens (including phenoxy) is 2. The first-order valence-corrected chi connectivity index (χ1v) is 6.98. The van der Waals surface area contributed by atoms with Crippen LogP contribution in [0, 0.1) is 0 Å². The number of nitrogens with one attached hydrogen (secondary N) is 1. The van der Waals surface area contributed by atoms with Crippen LogP contribution in [0.2, 0.25) is 0 Å². The van der Waals surface area contributed by atoms with Crippen molar-refractivity contribution in [2.45, 2.75) is 31.9 Å². The van der Waals surface area contributed by atoms with E-state index in [0.717, 1.165) is 23.5 Å². The normalized spacial score (nSPS) is 19.0. The Morgan fingerprint density at radius 2 is 2.00 bits per heavy atom. The van der Waals surface area contributed by atoms with Crippen molar-refractivity contribution in [3.63, 3.8) is 0 Å². The zero-order chi connectivity index (χ0) is 14.6. The predicted molar refractivity (Wildman–Crippen MR) is 76.2 cm³/mol. The van der Waals surface area contributed by atoms with Crippen LogP contribution in [0.4, 0.5) is 0 Å². The predicted octanol–water partition coefficient (Wildman–Crippen LogP) is 1.24. The van der Waals surface area contributed by atoms with Gasteiger partial charge in [-0.05, 0) is 31.5 Å². The lowest BCUT2D eigenvalue weighted by atomic mass is 10.0. The monoisotopic (exact) mass is 281 g/mol. The third-order valence-corrected chi connectivity index (χ3v) is 3.40. The Labute approximate surface area is 119 Å². The molecule has 0 radical (unpaired) electrons. The first-order valence-electron chi connectivity index (χ1n) is 6.98. The van der Waals surface area contributed by atoms with Gasteiger partial charge >= 0.3 is 0 Å². The molecule has 0 spiro atoms. The summed E-state index contributed by atoms with van der Waals surface area (Å²) in [6, 6.07) is 5.91. The Bertz CT molecular complexity index is 447. The van der Waals surface area contributed by atoms with Gasteiger partial charge in [0.2, 0.25) is 0 Å². The first-order chi connectivity index (χ1) is 9.52. The standard InChI is InChI=1S/C15H23NO4/c1-11(16-9-15(2,18)10-17)12-4-5-13-14(8-12)20-7-3-6-19-13/h4-5,8,11,16-18H,3,6-7,9-10H2,1-2H3. The molecule has 0 bridgehead atoms. The molecule has 1 aromatic carbocycles. The summed E-state index contributed by atoms with van der Waals surface area (Å²) < 4.78 is 11.3. The summed E-state index contributed by atoms with van der Waals surface area (Å²) in [5.41, 5.74) is -0.0532. The second kappa shape index (κ2) is 6.43. The van der Waals surface area contributed by atoms with Crippen LogP contribution in [0.15, 0.2) is 18.2 Å². The summed E-state index contributed by atoms with van der Waals surface area (Å²) in [6.45, 7) is 5.00. The van der Waals surface area contributed by atoms with E-state index in [1.807, 2.05) is 25.1 Å². The summed E-state index contributed by atoms with van der Waals surface area (Å²) in [5, 5.41) is 22.0. The van der Waals surface area contributed by atoms with Gasteiger partial charge in [0, 0.05) is 19.0 Å². The fourth-order valence-corrected chi connectivity index (χ4v) is 2.00. The lowest BCUT2D eigenvalue weighted by Gasteiger charge is -2.24. The minimum Gasteiger partial charge on any atom is -0.490 e. The number of hydrogen-bond acceptors (Lipinski definition) is 5. The zero-order valence-corrected chi connectivity index (χ0v) is 12.1. The first kappa shape index (κ1) is 15.1. The van der Waals surface area contributed by atoms with Crippen molar-refractivity contribution in [1.29, 1.82) is 0 Å². The SMILES string of the molecule is CC(NCC(C)(O)CO)c1ccc2c(c1)OCCCO2. The quantitative estimate of drug-likeness (QED) is 0.757. The molecule has 20 heavy (non-hydrogen) atoms. The average molecular weight is 281 g/mol. The maximum atomic E-state index is 9.79. The highest BCUT2D eigenvalue weighted by atomic mass is 16.5. The average Bonchev–Trinajstić information content (AvgIpc) is 2.69. The second-order valence-corrected chi connectivity index (χ2v) is 5.51. The lowest BCUT2D eigenvalue weighted by Crippen LogP contribution is -2.41. The molecule has 1 aliphatic heterocycles. The molecule has 1 heterocycles. The van der Waals surface area contributed by atoms with Gasteiger partial charge in [0.05, 0.1) is 25.4 Å². The molecule has 5 heteroatoms. The molecule has 112 valence electrons. The summed E-state index contributed by atoms with van der Waals surface area (Å²) in [6.07, 6.45) is 0.886. The van der Waals surface area contributed by atoms with Gasteiger partial charge in [-0.15, -0.1) is 0 Å². The minimum absolute atomic E-state index is 0.0465. The van der Waals surface area contributed by atoms with Gasteiger partial charge in [-0.25, -0.2) is 0 Å². The lowest BCUT2D eigenvalue weighted by molar-refractivity contribution is 0.00105. The van der Waals surface area contributed by atoms with E-state index in [2.05, 4.69) is 5.32 Å². The van der Waals surface area contributed by atoms with E-state index in [0.29, 0.717) is 19.8 Å². The van der Waals surface area contributed by atoms with Crippen molar-refractivity contribution in [2.24, 2.45) is 0 Å². The maximum Gasteiger partial charge on any atom is 0.161 e. The summed E-state index contributed by atoms with van der Waals surface area (Å²) in [5.74, 6) is 1.54. The van der Waals surface area contributed by atoms with Crippen molar-refractivity contribution < 1.29 is 19.7 Å². The molecule has 2 unspecified atom stereocenters. The highest BCUT2D eigenvalue weighted by Crippen LogP contribution is 2.32. The van der Waals surface area contributed by atoms with Gasteiger partial charge in [0.1, 0.15) is 0 Å². The molecule has 0 saturated heterocycles. The third-order valence-electron chi connectivity index (χ3n) is 3.40. The van der Waals surface area contributed by atoms with Crippen LogP contribution in [-0.4, -0.2) is 42.2 Å². The van der Waals surface area contributed by atoms with Crippen molar-refractivity contribution in [1.82, 2.24) is 5.32 Å². The van der Waals surface area contributed by atoms with Gasteiger partial charge in [-0.2, -0.15) is 0 Å². The van der Waals surface area contributed by atoms with Crippen LogP contribution in [0.3, 0.4) is 0 Å². The largest absolute Gasteiger partial charge is 0.490 e. The van der Waals surface area contributed by atoms with Gasteiger partial charge in [0.25, 0.3) is 0 Å². The summed E-state index contributed by atoms with van der Waals surface area (Å²) >= 11 is 0. The topological polar surface area (TPSA) is 71.0 Å². The summed E-state index contributed by atoms with van der Waals surface area (Å²) in [4.78, 5) is 0. The van der Waals surface area contributed by atoms with Crippen molar-refractivity contribution >= 4 is 0 Å². The molecule has 0 fully saturated rings. The molecule has 5 nitrogen and oxygen atoms in total. The van der Waals surface area contributed by atoms with Crippen molar-refractivity contribution in [3.05, 3.63) is 23.8 Å². The van der Waals surface area contributed by atoms with Crippen molar-refractivity contribution in [3.8, 4) is 11.5 Å². The Morgan fingerprint density at radius 1 is 1.30 bits per heavy atom. The van der Waals surface area contributed by atoms with Gasteiger partial charge in [0.15, 0.2) is 11.5 Å².